The Labute approximate surface area is 116 Å². The number of carbonyl (C=O) groups is 1. The van der Waals surface area contributed by atoms with Crippen LogP contribution in [-0.4, -0.2) is 33.2 Å². The summed E-state index contributed by atoms with van der Waals surface area (Å²) >= 11 is 0. The average molecular weight is 275 g/mol. The highest BCUT2D eigenvalue weighted by atomic mass is 16.5. The number of pyridine rings is 1. The summed E-state index contributed by atoms with van der Waals surface area (Å²) in [5.74, 6) is 1.12. The van der Waals surface area contributed by atoms with Gasteiger partial charge in [0.1, 0.15) is 5.82 Å². The van der Waals surface area contributed by atoms with Crippen LogP contribution < -0.4 is 10.1 Å². The number of ether oxygens (including phenoxy) is 1. The van der Waals surface area contributed by atoms with Crippen molar-refractivity contribution >= 4 is 5.91 Å². The SMILES string of the molecule is CCCc1nc(C(=O)NCc2ccc(OC)nc2)n[nH]1. The maximum atomic E-state index is 11.9. The third kappa shape index (κ3) is 3.53. The van der Waals surface area contributed by atoms with E-state index in [2.05, 4.69) is 25.5 Å². The Morgan fingerprint density at radius 3 is 2.95 bits per heavy atom. The van der Waals surface area contributed by atoms with Gasteiger partial charge in [0.2, 0.25) is 11.7 Å². The molecule has 1 amide bonds. The molecule has 0 aliphatic heterocycles. The highest BCUT2D eigenvalue weighted by Gasteiger charge is 2.11. The first-order valence-electron chi connectivity index (χ1n) is 6.41. The molecule has 0 unspecified atom stereocenters. The normalized spacial score (nSPS) is 10.3. The van der Waals surface area contributed by atoms with Crippen LogP contribution in [0.1, 0.15) is 35.4 Å². The number of hydrogen-bond donors (Lipinski definition) is 2. The third-order valence-electron chi connectivity index (χ3n) is 2.68. The Hall–Kier alpha value is -2.44. The van der Waals surface area contributed by atoms with Gasteiger partial charge in [0.25, 0.3) is 5.91 Å². The molecule has 0 saturated carbocycles. The van der Waals surface area contributed by atoms with Gasteiger partial charge in [-0.1, -0.05) is 13.0 Å². The van der Waals surface area contributed by atoms with Crippen LogP contribution >= 0.6 is 0 Å². The number of H-pyrrole nitrogens is 1. The number of nitrogens with one attached hydrogen (secondary N) is 2. The maximum absolute atomic E-state index is 11.9. The van der Waals surface area contributed by atoms with Crippen molar-refractivity contribution in [1.29, 1.82) is 0 Å². The van der Waals surface area contributed by atoms with Crippen molar-refractivity contribution < 1.29 is 9.53 Å². The van der Waals surface area contributed by atoms with E-state index in [0.717, 1.165) is 24.2 Å². The molecule has 0 fully saturated rings. The maximum Gasteiger partial charge on any atom is 0.291 e. The van der Waals surface area contributed by atoms with E-state index in [9.17, 15) is 4.79 Å². The second-order valence-electron chi connectivity index (χ2n) is 4.25. The van der Waals surface area contributed by atoms with Crippen LogP contribution in [0.3, 0.4) is 0 Å². The number of rotatable bonds is 6. The van der Waals surface area contributed by atoms with Crippen molar-refractivity contribution in [1.82, 2.24) is 25.5 Å². The molecule has 7 nitrogen and oxygen atoms in total. The van der Waals surface area contributed by atoms with Gasteiger partial charge in [0, 0.05) is 25.2 Å². The molecule has 106 valence electrons. The molecule has 2 rings (SSSR count). The van der Waals surface area contributed by atoms with Crippen molar-refractivity contribution in [3.05, 3.63) is 35.5 Å². The lowest BCUT2D eigenvalue weighted by Crippen LogP contribution is -2.24. The largest absolute Gasteiger partial charge is 0.481 e. The quantitative estimate of drug-likeness (QED) is 0.823. The second-order valence-corrected chi connectivity index (χ2v) is 4.25. The van der Waals surface area contributed by atoms with Gasteiger partial charge in [-0.05, 0) is 12.0 Å². The van der Waals surface area contributed by atoms with Gasteiger partial charge in [-0.25, -0.2) is 9.97 Å². The zero-order valence-electron chi connectivity index (χ0n) is 11.5. The van der Waals surface area contributed by atoms with E-state index >= 15 is 0 Å². The summed E-state index contributed by atoms with van der Waals surface area (Å²) in [6, 6.07) is 3.58. The number of aromatic amines is 1. The molecule has 0 saturated heterocycles. The third-order valence-corrected chi connectivity index (χ3v) is 2.68. The molecule has 2 heterocycles. The minimum atomic E-state index is -0.306. The van der Waals surface area contributed by atoms with Crippen molar-refractivity contribution in [3.63, 3.8) is 0 Å². The first-order valence-corrected chi connectivity index (χ1v) is 6.41. The van der Waals surface area contributed by atoms with Crippen LogP contribution in [0.25, 0.3) is 0 Å². The van der Waals surface area contributed by atoms with Gasteiger partial charge in [0.05, 0.1) is 7.11 Å². The number of aryl methyl sites for hydroxylation is 1. The molecule has 2 N–H and O–H groups in total. The van der Waals surface area contributed by atoms with Crippen molar-refractivity contribution in [3.8, 4) is 5.88 Å². The number of hydrogen-bond acceptors (Lipinski definition) is 5. The summed E-state index contributed by atoms with van der Waals surface area (Å²) in [5.41, 5.74) is 0.878. The molecule has 0 radical (unpaired) electrons. The summed E-state index contributed by atoms with van der Waals surface area (Å²) in [6.45, 7) is 2.41. The van der Waals surface area contributed by atoms with E-state index in [0.29, 0.717) is 12.4 Å². The van der Waals surface area contributed by atoms with Crippen molar-refractivity contribution in [2.24, 2.45) is 0 Å². The van der Waals surface area contributed by atoms with Gasteiger partial charge in [-0.3, -0.25) is 9.89 Å². The fraction of sp³-hybridized carbons (Fsp3) is 0.385. The molecule has 7 heteroatoms. The van der Waals surface area contributed by atoms with Crippen LogP contribution in [0, 0.1) is 0 Å². The number of carbonyl (C=O) groups excluding carboxylic acids is 1. The van der Waals surface area contributed by atoms with E-state index in [1.54, 1.807) is 19.4 Å². The molecule has 0 aliphatic carbocycles. The second kappa shape index (κ2) is 6.65. The zero-order chi connectivity index (χ0) is 14.4. The lowest BCUT2D eigenvalue weighted by Gasteiger charge is -2.03. The molecule has 0 spiro atoms. The smallest absolute Gasteiger partial charge is 0.291 e. The van der Waals surface area contributed by atoms with E-state index in [4.69, 9.17) is 4.74 Å². The first kappa shape index (κ1) is 14.0. The van der Waals surface area contributed by atoms with Crippen LogP contribution in [0.4, 0.5) is 0 Å². The van der Waals surface area contributed by atoms with Crippen molar-refractivity contribution in [2.45, 2.75) is 26.3 Å². The Balaban J connectivity index is 1.90. The molecular formula is C13H17N5O2. The predicted octanol–water partition coefficient (Wildman–Crippen LogP) is 1.09. The standard InChI is InChI=1S/C13H17N5O2/c1-3-4-10-16-12(18-17-10)13(19)15-8-9-5-6-11(20-2)14-7-9/h5-7H,3-4,8H2,1-2H3,(H,15,19)(H,16,17,18). The van der Waals surface area contributed by atoms with Gasteiger partial charge in [-0.15, -0.1) is 5.10 Å². The molecule has 0 atom stereocenters. The fourth-order valence-electron chi connectivity index (χ4n) is 1.64. The summed E-state index contributed by atoms with van der Waals surface area (Å²) in [4.78, 5) is 20.0. The molecular weight excluding hydrogens is 258 g/mol. The summed E-state index contributed by atoms with van der Waals surface area (Å²) in [6.07, 6.45) is 3.38. The van der Waals surface area contributed by atoms with Gasteiger partial charge < -0.3 is 10.1 Å². The van der Waals surface area contributed by atoms with E-state index in [1.165, 1.54) is 0 Å². The Bertz CT molecular complexity index is 564. The van der Waals surface area contributed by atoms with Crippen LogP contribution in [0.15, 0.2) is 18.3 Å². The van der Waals surface area contributed by atoms with Crippen LogP contribution in [0.2, 0.25) is 0 Å². The Morgan fingerprint density at radius 2 is 2.30 bits per heavy atom. The lowest BCUT2D eigenvalue weighted by molar-refractivity contribution is 0.0941. The number of nitrogens with zero attached hydrogens (tertiary/aromatic N) is 3. The van der Waals surface area contributed by atoms with Gasteiger partial charge in [0.15, 0.2) is 0 Å². The molecule has 0 aliphatic rings. The number of aromatic nitrogens is 4. The minimum Gasteiger partial charge on any atom is -0.481 e. The monoisotopic (exact) mass is 275 g/mol. The van der Waals surface area contributed by atoms with Crippen LogP contribution in [-0.2, 0) is 13.0 Å². The molecule has 0 aromatic carbocycles. The topological polar surface area (TPSA) is 92.8 Å². The van der Waals surface area contributed by atoms with Gasteiger partial charge in [-0.2, -0.15) is 0 Å². The highest BCUT2D eigenvalue weighted by Crippen LogP contribution is 2.06. The van der Waals surface area contributed by atoms with Crippen LogP contribution in [0.5, 0.6) is 5.88 Å². The van der Waals surface area contributed by atoms with Crippen molar-refractivity contribution in [2.75, 3.05) is 7.11 Å². The lowest BCUT2D eigenvalue weighted by atomic mass is 10.3. The predicted molar refractivity (Wildman–Crippen MR) is 72.3 cm³/mol. The van der Waals surface area contributed by atoms with E-state index in [1.807, 2.05) is 13.0 Å². The summed E-state index contributed by atoms with van der Waals surface area (Å²) < 4.78 is 4.97. The Morgan fingerprint density at radius 1 is 1.45 bits per heavy atom. The molecule has 20 heavy (non-hydrogen) atoms. The average Bonchev–Trinajstić information content (AvgIpc) is 2.94. The molecule has 2 aromatic heterocycles. The van der Waals surface area contributed by atoms with E-state index in [-0.39, 0.29) is 11.7 Å². The first-order chi connectivity index (χ1) is 9.72. The Kier molecular flexibility index (Phi) is 4.65. The van der Waals surface area contributed by atoms with Gasteiger partial charge >= 0.3 is 0 Å². The zero-order valence-corrected chi connectivity index (χ0v) is 11.5. The summed E-state index contributed by atoms with van der Waals surface area (Å²) in [7, 11) is 1.56. The molecule has 0 bridgehead atoms. The summed E-state index contributed by atoms with van der Waals surface area (Å²) in [5, 5.41) is 9.38. The fourth-order valence-corrected chi connectivity index (χ4v) is 1.64. The van der Waals surface area contributed by atoms with E-state index < -0.39 is 0 Å². The molecule has 2 aromatic rings. The number of amides is 1. The highest BCUT2D eigenvalue weighted by molar-refractivity contribution is 5.90. The minimum absolute atomic E-state index is 0.162. The number of methoxy groups -OCH3 is 1.